The van der Waals surface area contributed by atoms with Gasteiger partial charge in [0.25, 0.3) is 5.91 Å². The van der Waals surface area contributed by atoms with Gasteiger partial charge in [-0.2, -0.15) is 0 Å². The predicted octanol–water partition coefficient (Wildman–Crippen LogP) is 3.01. The third kappa shape index (κ3) is 3.12. The van der Waals surface area contributed by atoms with Crippen LogP contribution in [0, 0.1) is 3.57 Å². The number of hydrogen-bond acceptors (Lipinski definition) is 2. The van der Waals surface area contributed by atoms with E-state index in [0.29, 0.717) is 5.56 Å². The Morgan fingerprint density at radius 3 is 2.47 bits per heavy atom. The second-order valence-corrected chi connectivity index (χ2v) is 5.61. The average Bonchev–Trinajstić information content (AvgIpc) is 2.60. The van der Waals surface area contributed by atoms with Crippen molar-refractivity contribution in [2.24, 2.45) is 0 Å². The molecule has 4 heteroatoms. The van der Waals surface area contributed by atoms with E-state index < -0.39 is 0 Å². The first-order valence-electron chi connectivity index (χ1n) is 5.96. The van der Waals surface area contributed by atoms with E-state index in [-0.39, 0.29) is 11.7 Å². The highest BCUT2D eigenvalue weighted by Gasteiger charge is 2.20. The summed E-state index contributed by atoms with van der Waals surface area (Å²) in [6.07, 6.45) is 4.52. The number of rotatable bonds is 1. The molecule has 1 aromatic rings. The number of halogens is 1. The number of nitrogens with zero attached hydrogens (tertiary/aromatic N) is 1. The average molecular weight is 345 g/mol. The molecule has 0 unspecified atom stereocenters. The highest BCUT2D eigenvalue weighted by Crippen LogP contribution is 2.22. The van der Waals surface area contributed by atoms with Gasteiger partial charge in [0.05, 0.1) is 5.56 Å². The summed E-state index contributed by atoms with van der Waals surface area (Å²) in [4.78, 5) is 14.1. The summed E-state index contributed by atoms with van der Waals surface area (Å²) < 4.78 is 0.971. The minimum absolute atomic E-state index is 0.0390. The second-order valence-electron chi connectivity index (χ2n) is 4.37. The van der Waals surface area contributed by atoms with Crippen LogP contribution in [0.4, 0.5) is 0 Å². The minimum atomic E-state index is -0.0390. The first kappa shape index (κ1) is 12.7. The van der Waals surface area contributed by atoms with Crippen molar-refractivity contribution >= 4 is 28.5 Å². The molecular formula is C13H16INO2. The molecule has 1 aliphatic heterocycles. The SMILES string of the molecule is O=C(c1cc(I)ccc1O)N1CCCCCC1. The molecule has 17 heavy (non-hydrogen) atoms. The van der Waals surface area contributed by atoms with Gasteiger partial charge in [0.2, 0.25) is 0 Å². The van der Waals surface area contributed by atoms with Crippen LogP contribution in [0.25, 0.3) is 0 Å². The summed E-state index contributed by atoms with van der Waals surface area (Å²) in [5.41, 5.74) is 0.429. The van der Waals surface area contributed by atoms with Crippen LogP contribution in [-0.4, -0.2) is 29.0 Å². The third-order valence-electron chi connectivity index (χ3n) is 3.08. The molecule has 2 rings (SSSR count). The van der Waals surface area contributed by atoms with Crippen molar-refractivity contribution in [2.45, 2.75) is 25.7 Å². The molecule has 0 radical (unpaired) electrons. The molecular weight excluding hydrogens is 329 g/mol. The lowest BCUT2D eigenvalue weighted by Gasteiger charge is -2.20. The van der Waals surface area contributed by atoms with E-state index in [1.807, 2.05) is 4.90 Å². The van der Waals surface area contributed by atoms with E-state index in [9.17, 15) is 9.90 Å². The predicted molar refractivity (Wildman–Crippen MR) is 75.2 cm³/mol. The molecule has 0 bridgehead atoms. The second kappa shape index (κ2) is 5.71. The van der Waals surface area contributed by atoms with E-state index in [0.717, 1.165) is 29.5 Å². The van der Waals surface area contributed by atoms with Crippen molar-refractivity contribution < 1.29 is 9.90 Å². The van der Waals surface area contributed by atoms with Crippen LogP contribution in [-0.2, 0) is 0 Å². The number of likely N-dealkylation sites (tertiary alicyclic amines) is 1. The molecule has 1 saturated heterocycles. The quantitative estimate of drug-likeness (QED) is 0.795. The van der Waals surface area contributed by atoms with E-state index in [1.54, 1.807) is 18.2 Å². The molecule has 0 aromatic heterocycles. The van der Waals surface area contributed by atoms with Crippen LogP contribution in [0.2, 0.25) is 0 Å². The van der Waals surface area contributed by atoms with Crippen molar-refractivity contribution in [3.8, 4) is 5.75 Å². The Morgan fingerprint density at radius 2 is 1.82 bits per heavy atom. The Hall–Kier alpha value is -0.780. The number of phenols is 1. The summed E-state index contributed by atoms with van der Waals surface area (Å²) in [5, 5.41) is 9.76. The van der Waals surface area contributed by atoms with E-state index in [2.05, 4.69) is 22.6 Å². The molecule has 0 saturated carbocycles. The number of phenolic OH excluding ortho intramolecular Hbond substituents is 1. The molecule has 1 amide bonds. The molecule has 1 fully saturated rings. The molecule has 1 aromatic carbocycles. The normalized spacial score (nSPS) is 16.6. The van der Waals surface area contributed by atoms with Crippen molar-refractivity contribution in [1.82, 2.24) is 4.90 Å². The summed E-state index contributed by atoms with van der Waals surface area (Å²) in [7, 11) is 0. The molecule has 3 nitrogen and oxygen atoms in total. The number of amides is 1. The number of carbonyl (C=O) groups excluding carboxylic acids is 1. The van der Waals surface area contributed by atoms with Crippen LogP contribution >= 0.6 is 22.6 Å². The Kier molecular flexibility index (Phi) is 4.25. The highest BCUT2D eigenvalue weighted by atomic mass is 127. The fourth-order valence-corrected chi connectivity index (χ4v) is 2.61. The zero-order chi connectivity index (χ0) is 12.3. The van der Waals surface area contributed by atoms with Crippen LogP contribution in [0.15, 0.2) is 18.2 Å². The Balaban J connectivity index is 2.20. The molecule has 92 valence electrons. The Bertz CT molecular complexity index is 412. The third-order valence-corrected chi connectivity index (χ3v) is 3.75. The van der Waals surface area contributed by atoms with Gasteiger partial charge in [-0.15, -0.1) is 0 Å². The number of aromatic hydroxyl groups is 1. The van der Waals surface area contributed by atoms with Crippen LogP contribution in [0.5, 0.6) is 5.75 Å². The smallest absolute Gasteiger partial charge is 0.257 e. The van der Waals surface area contributed by atoms with E-state index in [4.69, 9.17) is 0 Å². The van der Waals surface area contributed by atoms with Gasteiger partial charge in [0.1, 0.15) is 5.75 Å². The fraction of sp³-hybridized carbons (Fsp3) is 0.462. The van der Waals surface area contributed by atoms with Gasteiger partial charge in [-0.3, -0.25) is 4.79 Å². The zero-order valence-electron chi connectivity index (χ0n) is 9.66. The maximum atomic E-state index is 12.3. The Morgan fingerprint density at radius 1 is 1.18 bits per heavy atom. The molecule has 0 spiro atoms. The molecule has 1 aliphatic rings. The van der Waals surface area contributed by atoms with Crippen molar-refractivity contribution in [1.29, 1.82) is 0 Å². The lowest BCUT2D eigenvalue weighted by atomic mass is 10.1. The first-order valence-corrected chi connectivity index (χ1v) is 7.04. The van der Waals surface area contributed by atoms with Gasteiger partial charge in [0.15, 0.2) is 0 Å². The van der Waals surface area contributed by atoms with Gasteiger partial charge in [-0.25, -0.2) is 0 Å². The zero-order valence-corrected chi connectivity index (χ0v) is 11.8. The van der Waals surface area contributed by atoms with Gasteiger partial charge in [-0.05, 0) is 53.6 Å². The summed E-state index contributed by atoms with van der Waals surface area (Å²) in [6.45, 7) is 1.62. The van der Waals surface area contributed by atoms with Crippen molar-refractivity contribution in [3.05, 3.63) is 27.3 Å². The standard InChI is InChI=1S/C13H16INO2/c14-10-5-6-12(16)11(9-10)13(17)15-7-3-1-2-4-8-15/h5-6,9,16H,1-4,7-8H2. The van der Waals surface area contributed by atoms with Gasteiger partial charge in [-0.1, -0.05) is 12.8 Å². The molecule has 0 aliphatic carbocycles. The van der Waals surface area contributed by atoms with Gasteiger partial charge >= 0.3 is 0 Å². The van der Waals surface area contributed by atoms with Gasteiger partial charge < -0.3 is 10.0 Å². The van der Waals surface area contributed by atoms with Crippen LogP contribution in [0.1, 0.15) is 36.0 Å². The lowest BCUT2D eigenvalue weighted by molar-refractivity contribution is 0.0758. The maximum Gasteiger partial charge on any atom is 0.257 e. The van der Waals surface area contributed by atoms with Crippen LogP contribution in [0.3, 0.4) is 0 Å². The summed E-state index contributed by atoms with van der Waals surface area (Å²) >= 11 is 2.15. The van der Waals surface area contributed by atoms with E-state index in [1.165, 1.54) is 12.8 Å². The fourth-order valence-electron chi connectivity index (χ4n) is 2.12. The molecule has 1 heterocycles. The Labute approximate surface area is 115 Å². The van der Waals surface area contributed by atoms with Crippen molar-refractivity contribution in [2.75, 3.05) is 13.1 Å². The molecule has 1 N–H and O–H groups in total. The van der Waals surface area contributed by atoms with E-state index >= 15 is 0 Å². The van der Waals surface area contributed by atoms with Crippen molar-refractivity contribution in [3.63, 3.8) is 0 Å². The monoisotopic (exact) mass is 345 g/mol. The summed E-state index contributed by atoms with van der Waals surface area (Å²) in [5.74, 6) is 0.0441. The van der Waals surface area contributed by atoms with Crippen LogP contribution < -0.4 is 0 Å². The van der Waals surface area contributed by atoms with Gasteiger partial charge in [0, 0.05) is 16.7 Å². The first-order chi connectivity index (χ1) is 8.18. The molecule has 0 atom stereocenters. The highest BCUT2D eigenvalue weighted by molar-refractivity contribution is 14.1. The number of hydrogen-bond donors (Lipinski definition) is 1. The lowest BCUT2D eigenvalue weighted by Crippen LogP contribution is -2.31. The number of benzene rings is 1. The largest absolute Gasteiger partial charge is 0.507 e. The maximum absolute atomic E-state index is 12.3. The topological polar surface area (TPSA) is 40.5 Å². The minimum Gasteiger partial charge on any atom is -0.507 e. The number of carbonyl (C=O) groups is 1. The summed E-state index contributed by atoms with van der Waals surface area (Å²) in [6, 6.07) is 5.14.